The number of rotatable bonds is 3. The second-order valence-electron chi connectivity index (χ2n) is 10.3. The van der Waals surface area contributed by atoms with Gasteiger partial charge < -0.3 is 9.80 Å². The molecule has 3 aliphatic heterocycles. The number of amides is 4. The maximum absolute atomic E-state index is 14.3. The molecule has 1 atom stereocenters. The lowest BCUT2D eigenvalue weighted by molar-refractivity contribution is -0.138. The number of benzene rings is 2. The Balaban J connectivity index is 1.11. The van der Waals surface area contributed by atoms with Gasteiger partial charge in [-0.1, -0.05) is 12.1 Å². The molecule has 4 aliphatic rings. The molecule has 1 spiro atoms. The van der Waals surface area contributed by atoms with Gasteiger partial charge in [0.25, 0.3) is 11.8 Å². The van der Waals surface area contributed by atoms with Crippen LogP contribution in [-0.2, 0) is 22.3 Å². The van der Waals surface area contributed by atoms with E-state index < -0.39 is 29.5 Å². The second kappa shape index (κ2) is 8.24. The van der Waals surface area contributed by atoms with E-state index in [9.17, 15) is 36.7 Å². The van der Waals surface area contributed by atoms with Crippen LogP contribution in [0.2, 0.25) is 0 Å². The fourth-order valence-electron chi connectivity index (χ4n) is 5.80. The van der Waals surface area contributed by atoms with Crippen molar-refractivity contribution in [2.75, 3.05) is 13.1 Å². The quantitative estimate of drug-likeness (QED) is 0.489. The molecule has 7 nitrogen and oxygen atoms in total. The molecule has 11 heteroatoms. The number of allylic oxidation sites excluding steroid dienone is 1. The summed E-state index contributed by atoms with van der Waals surface area (Å²) in [7, 11) is 0. The van der Waals surface area contributed by atoms with Crippen LogP contribution < -0.4 is 5.32 Å². The van der Waals surface area contributed by atoms with Crippen LogP contribution in [0.15, 0.2) is 42.5 Å². The van der Waals surface area contributed by atoms with E-state index in [4.69, 9.17) is 0 Å². The van der Waals surface area contributed by atoms with Gasteiger partial charge in [-0.05, 0) is 54.3 Å². The molecule has 3 heterocycles. The summed E-state index contributed by atoms with van der Waals surface area (Å²) in [6, 6.07) is 6.54. The minimum absolute atomic E-state index is 0.136. The van der Waals surface area contributed by atoms with Gasteiger partial charge in [0.1, 0.15) is 11.9 Å². The van der Waals surface area contributed by atoms with Gasteiger partial charge in [-0.25, -0.2) is 4.39 Å². The van der Waals surface area contributed by atoms with Crippen molar-refractivity contribution in [1.82, 2.24) is 15.1 Å². The topological polar surface area (TPSA) is 86.8 Å². The van der Waals surface area contributed by atoms with Crippen molar-refractivity contribution >= 4 is 29.2 Å². The van der Waals surface area contributed by atoms with Gasteiger partial charge in [-0.15, -0.1) is 0 Å². The van der Waals surface area contributed by atoms with Gasteiger partial charge in [0.05, 0.1) is 5.56 Å². The van der Waals surface area contributed by atoms with E-state index in [1.54, 1.807) is 23.1 Å². The Kier molecular flexibility index (Phi) is 5.27. The van der Waals surface area contributed by atoms with Crippen molar-refractivity contribution in [2.24, 2.45) is 5.41 Å². The third-order valence-corrected chi connectivity index (χ3v) is 7.73. The molecule has 2 fully saturated rings. The molecule has 196 valence electrons. The Morgan fingerprint density at radius 1 is 1.03 bits per heavy atom. The predicted octanol–water partition coefficient (Wildman–Crippen LogP) is 3.54. The minimum Gasteiger partial charge on any atom is -0.337 e. The summed E-state index contributed by atoms with van der Waals surface area (Å²) in [5.41, 5.74) is 0.833. The van der Waals surface area contributed by atoms with E-state index in [2.05, 4.69) is 5.32 Å². The molecule has 1 N–H and O–H groups in total. The molecule has 0 saturated carbocycles. The Morgan fingerprint density at radius 3 is 2.39 bits per heavy atom. The van der Waals surface area contributed by atoms with E-state index in [1.807, 2.05) is 6.08 Å². The molecule has 0 aromatic heterocycles. The van der Waals surface area contributed by atoms with E-state index in [0.717, 1.165) is 12.1 Å². The number of nitrogens with zero attached hydrogens (tertiary/aromatic N) is 2. The maximum Gasteiger partial charge on any atom is 0.416 e. The highest BCUT2D eigenvalue weighted by Gasteiger charge is 2.49. The number of imide groups is 1. The van der Waals surface area contributed by atoms with Crippen LogP contribution in [0.1, 0.15) is 56.7 Å². The monoisotopic (exact) mass is 527 g/mol. The van der Waals surface area contributed by atoms with Crippen LogP contribution >= 0.6 is 0 Å². The number of likely N-dealkylation sites (tertiary alicyclic amines) is 1. The molecule has 0 bridgehead atoms. The molecule has 2 saturated heterocycles. The Bertz CT molecular complexity index is 1460. The zero-order chi connectivity index (χ0) is 27.0. The molecule has 6 rings (SSSR count). The summed E-state index contributed by atoms with van der Waals surface area (Å²) < 4.78 is 52.7. The van der Waals surface area contributed by atoms with Crippen LogP contribution in [0.3, 0.4) is 0 Å². The van der Waals surface area contributed by atoms with Crippen LogP contribution in [0, 0.1) is 11.2 Å². The smallest absolute Gasteiger partial charge is 0.337 e. The number of piperidine rings is 1. The summed E-state index contributed by atoms with van der Waals surface area (Å²) in [5.74, 6) is -2.35. The summed E-state index contributed by atoms with van der Waals surface area (Å²) in [5, 5.41) is 2.25. The van der Waals surface area contributed by atoms with Crippen LogP contribution in [-0.4, -0.2) is 52.6 Å². The molecular weight excluding hydrogens is 506 g/mol. The van der Waals surface area contributed by atoms with Crippen molar-refractivity contribution in [3.63, 3.8) is 0 Å². The molecule has 1 aliphatic carbocycles. The normalized spacial score (nSPS) is 22.1. The van der Waals surface area contributed by atoms with Gasteiger partial charge in [-0.2, -0.15) is 13.2 Å². The lowest BCUT2D eigenvalue weighted by Crippen LogP contribution is -2.60. The van der Waals surface area contributed by atoms with E-state index in [-0.39, 0.29) is 48.1 Å². The first kappa shape index (κ1) is 24.3. The first-order valence-electron chi connectivity index (χ1n) is 12.1. The third kappa shape index (κ3) is 3.88. The molecule has 1 unspecified atom stereocenters. The Hall–Kier alpha value is -4.02. The molecule has 38 heavy (non-hydrogen) atoms. The molecule has 2 aromatic carbocycles. The van der Waals surface area contributed by atoms with Gasteiger partial charge in [0, 0.05) is 48.2 Å². The summed E-state index contributed by atoms with van der Waals surface area (Å²) in [6.07, 6.45) is -1.94. The van der Waals surface area contributed by atoms with Gasteiger partial charge in [0.2, 0.25) is 11.8 Å². The van der Waals surface area contributed by atoms with Gasteiger partial charge >= 0.3 is 6.18 Å². The van der Waals surface area contributed by atoms with E-state index in [0.29, 0.717) is 47.8 Å². The maximum atomic E-state index is 14.3. The number of carbonyl (C=O) groups is 4. The van der Waals surface area contributed by atoms with E-state index in [1.165, 1.54) is 4.90 Å². The first-order chi connectivity index (χ1) is 17.9. The first-order valence-corrected chi connectivity index (χ1v) is 12.1. The number of halogens is 4. The van der Waals surface area contributed by atoms with Gasteiger partial charge in [0.15, 0.2) is 0 Å². The SMILES string of the molecule is O=C1CCC(N2Cc3cc(C(=O)N4CC5(C=C(c6ccc(C(F)(F)F)cc6F)C5)C4)ccc3C2=O)C(=O)N1. The summed E-state index contributed by atoms with van der Waals surface area (Å²) in [4.78, 5) is 52.6. The number of hydrogen-bond acceptors (Lipinski definition) is 4. The zero-order valence-corrected chi connectivity index (χ0v) is 19.9. The minimum atomic E-state index is -4.61. The standard InChI is InChI=1S/C27H21F4N3O4/c28-20-8-17(27(29,30)31)2-4-18(20)16-9-26(10-16)12-33(13-26)24(37)14-1-3-19-15(7-14)11-34(25(19)38)21-5-6-22(35)32-23(21)36/h1-4,7-9,21H,5-6,10-13H2,(H,32,35,36). The zero-order valence-electron chi connectivity index (χ0n) is 19.9. The van der Waals surface area contributed by atoms with Gasteiger partial charge in [-0.3, -0.25) is 24.5 Å². The van der Waals surface area contributed by atoms with Crippen molar-refractivity contribution in [3.8, 4) is 0 Å². The number of alkyl halides is 3. The van der Waals surface area contributed by atoms with Crippen LogP contribution in [0.25, 0.3) is 5.57 Å². The highest BCUT2D eigenvalue weighted by Crippen LogP contribution is 2.51. The fourth-order valence-corrected chi connectivity index (χ4v) is 5.80. The lowest BCUT2D eigenvalue weighted by Gasteiger charge is -2.54. The number of hydrogen-bond donors (Lipinski definition) is 1. The highest BCUT2D eigenvalue weighted by molar-refractivity contribution is 6.06. The van der Waals surface area contributed by atoms with Crippen molar-refractivity contribution < 1.29 is 36.7 Å². The largest absolute Gasteiger partial charge is 0.416 e. The lowest BCUT2D eigenvalue weighted by atomic mass is 9.64. The summed E-state index contributed by atoms with van der Waals surface area (Å²) in [6.45, 7) is 0.961. The fraction of sp³-hybridized carbons (Fsp3) is 0.333. The summed E-state index contributed by atoms with van der Waals surface area (Å²) >= 11 is 0. The van der Waals surface area contributed by atoms with Crippen molar-refractivity contribution in [1.29, 1.82) is 0 Å². The molecular formula is C27H21F4N3O4. The van der Waals surface area contributed by atoms with Crippen LogP contribution in [0.5, 0.6) is 0 Å². The second-order valence-corrected chi connectivity index (χ2v) is 10.3. The molecule has 2 aromatic rings. The number of carbonyl (C=O) groups excluding carboxylic acids is 4. The Morgan fingerprint density at radius 2 is 1.74 bits per heavy atom. The number of nitrogens with one attached hydrogen (secondary N) is 1. The number of fused-ring (bicyclic) bond motifs is 1. The molecule has 4 amide bonds. The third-order valence-electron chi connectivity index (χ3n) is 7.73. The van der Waals surface area contributed by atoms with Crippen LogP contribution in [0.4, 0.5) is 17.6 Å². The van der Waals surface area contributed by atoms with Crippen molar-refractivity contribution in [2.45, 2.75) is 38.0 Å². The average Bonchev–Trinajstić information content (AvgIpc) is 3.12. The predicted molar refractivity (Wildman–Crippen MR) is 125 cm³/mol. The van der Waals surface area contributed by atoms with E-state index >= 15 is 0 Å². The highest BCUT2D eigenvalue weighted by atomic mass is 19.4. The Labute approximate surface area is 214 Å². The van der Waals surface area contributed by atoms with Crippen molar-refractivity contribution in [3.05, 3.63) is 76.1 Å². The molecule has 0 radical (unpaired) electrons. The average molecular weight is 527 g/mol.